The molecular formula is C7H6N4O2S3. The average molecular weight is 274 g/mol. The highest BCUT2D eigenvalue weighted by Gasteiger charge is 2.07. The molecule has 2 aromatic rings. The predicted molar refractivity (Wildman–Crippen MR) is 63.7 cm³/mol. The second-order valence-corrected chi connectivity index (χ2v) is 5.61. The van der Waals surface area contributed by atoms with Crippen LogP contribution in [0, 0.1) is 0 Å². The van der Waals surface area contributed by atoms with Gasteiger partial charge in [0.25, 0.3) is 0 Å². The SMILES string of the molecule is O=C(O)CSc1nnc(Nc2nccs2)s1. The quantitative estimate of drug-likeness (QED) is 0.805. The van der Waals surface area contributed by atoms with Gasteiger partial charge in [0.05, 0.1) is 5.75 Å². The summed E-state index contributed by atoms with van der Waals surface area (Å²) in [5.74, 6) is -0.874. The molecule has 0 amide bonds. The zero-order valence-corrected chi connectivity index (χ0v) is 10.2. The van der Waals surface area contributed by atoms with Gasteiger partial charge in [0.15, 0.2) is 9.47 Å². The number of thiazole rings is 1. The Kier molecular flexibility index (Phi) is 3.70. The Morgan fingerprint density at radius 3 is 3.06 bits per heavy atom. The Bertz CT molecular complexity index is 470. The number of hydrogen-bond donors (Lipinski definition) is 2. The summed E-state index contributed by atoms with van der Waals surface area (Å²) in [6, 6.07) is 0. The first-order valence-corrected chi connectivity index (χ1v) is 6.77. The van der Waals surface area contributed by atoms with Gasteiger partial charge in [-0.25, -0.2) is 4.98 Å². The van der Waals surface area contributed by atoms with Crippen LogP contribution in [0.1, 0.15) is 0 Å². The topological polar surface area (TPSA) is 88.0 Å². The molecule has 0 aliphatic carbocycles. The molecule has 2 N–H and O–H groups in total. The molecule has 0 saturated heterocycles. The van der Waals surface area contributed by atoms with Gasteiger partial charge in [-0.05, 0) is 0 Å². The minimum Gasteiger partial charge on any atom is -0.481 e. The van der Waals surface area contributed by atoms with Crippen molar-refractivity contribution < 1.29 is 9.90 Å². The summed E-state index contributed by atoms with van der Waals surface area (Å²) in [5, 5.41) is 22.4. The lowest BCUT2D eigenvalue weighted by Gasteiger charge is -1.92. The third-order valence-corrected chi connectivity index (χ3v) is 4.02. The van der Waals surface area contributed by atoms with Crippen molar-refractivity contribution in [3.63, 3.8) is 0 Å². The minimum atomic E-state index is -0.866. The molecule has 84 valence electrons. The highest BCUT2D eigenvalue weighted by Crippen LogP contribution is 2.27. The summed E-state index contributed by atoms with van der Waals surface area (Å²) in [6.45, 7) is 0. The highest BCUT2D eigenvalue weighted by atomic mass is 32.2. The first-order valence-electron chi connectivity index (χ1n) is 4.08. The summed E-state index contributed by atoms with van der Waals surface area (Å²) in [5.41, 5.74) is 0. The van der Waals surface area contributed by atoms with E-state index < -0.39 is 5.97 Å². The van der Waals surface area contributed by atoms with Gasteiger partial charge in [-0.3, -0.25) is 4.79 Å². The first-order chi connectivity index (χ1) is 7.74. The Morgan fingerprint density at radius 2 is 2.38 bits per heavy atom. The molecule has 16 heavy (non-hydrogen) atoms. The van der Waals surface area contributed by atoms with Gasteiger partial charge in [-0.2, -0.15) is 0 Å². The zero-order chi connectivity index (χ0) is 11.4. The lowest BCUT2D eigenvalue weighted by atomic mass is 10.8. The van der Waals surface area contributed by atoms with Crippen molar-refractivity contribution in [1.29, 1.82) is 0 Å². The number of hydrogen-bond acceptors (Lipinski definition) is 8. The fourth-order valence-corrected chi connectivity index (χ4v) is 2.88. The molecule has 0 spiro atoms. The van der Waals surface area contributed by atoms with Crippen LogP contribution in [-0.2, 0) is 4.79 Å². The number of aliphatic carboxylic acids is 1. The molecule has 0 aliphatic heterocycles. The molecule has 0 unspecified atom stereocenters. The molecule has 0 fully saturated rings. The molecule has 2 aromatic heterocycles. The van der Waals surface area contributed by atoms with Crippen LogP contribution in [0.5, 0.6) is 0 Å². The van der Waals surface area contributed by atoms with Crippen molar-refractivity contribution in [3.05, 3.63) is 11.6 Å². The van der Waals surface area contributed by atoms with Crippen molar-refractivity contribution in [2.75, 3.05) is 11.1 Å². The third kappa shape index (κ3) is 3.15. The van der Waals surface area contributed by atoms with Crippen molar-refractivity contribution >= 4 is 50.7 Å². The van der Waals surface area contributed by atoms with Crippen LogP contribution in [0.4, 0.5) is 10.3 Å². The number of nitrogens with one attached hydrogen (secondary N) is 1. The smallest absolute Gasteiger partial charge is 0.313 e. The van der Waals surface area contributed by atoms with E-state index in [0.29, 0.717) is 9.47 Å². The maximum absolute atomic E-state index is 10.3. The molecule has 0 aromatic carbocycles. The molecule has 0 bridgehead atoms. The van der Waals surface area contributed by atoms with Crippen LogP contribution < -0.4 is 5.32 Å². The van der Waals surface area contributed by atoms with Crippen LogP contribution in [0.15, 0.2) is 15.9 Å². The average Bonchev–Trinajstić information content (AvgIpc) is 2.87. The van der Waals surface area contributed by atoms with E-state index in [9.17, 15) is 4.79 Å². The van der Waals surface area contributed by atoms with Crippen molar-refractivity contribution in [3.8, 4) is 0 Å². The molecule has 0 aliphatic rings. The largest absolute Gasteiger partial charge is 0.481 e. The van der Waals surface area contributed by atoms with E-state index in [2.05, 4.69) is 20.5 Å². The molecular weight excluding hydrogens is 268 g/mol. The van der Waals surface area contributed by atoms with Crippen LogP contribution >= 0.6 is 34.4 Å². The molecule has 0 atom stereocenters. The maximum atomic E-state index is 10.3. The number of rotatable bonds is 5. The fraction of sp³-hybridized carbons (Fsp3) is 0.143. The molecule has 2 heterocycles. The van der Waals surface area contributed by atoms with Gasteiger partial charge < -0.3 is 10.4 Å². The van der Waals surface area contributed by atoms with Crippen LogP contribution in [0.2, 0.25) is 0 Å². The Labute approximate surface area is 103 Å². The lowest BCUT2D eigenvalue weighted by Crippen LogP contribution is -1.96. The maximum Gasteiger partial charge on any atom is 0.313 e. The molecule has 0 radical (unpaired) electrons. The lowest BCUT2D eigenvalue weighted by molar-refractivity contribution is -0.133. The van der Waals surface area contributed by atoms with Crippen molar-refractivity contribution in [1.82, 2.24) is 15.2 Å². The van der Waals surface area contributed by atoms with E-state index in [1.165, 1.54) is 22.7 Å². The minimum absolute atomic E-state index is 0.00805. The number of carbonyl (C=O) groups is 1. The fourth-order valence-electron chi connectivity index (χ4n) is 0.819. The summed E-state index contributed by atoms with van der Waals surface area (Å²) in [6.07, 6.45) is 1.69. The van der Waals surface area contributed by atoms with E-state index in [1.807, 2.05) is 5.38 Å². The Balaban J connectivity index is 1.94. The molecule has 0 saturated carbocycles. The monoisotopic (exact) mass is 274 g/mol. The normalized spacial score (nSPS) is 10.2. The van der Waals surface area contributed by atoms with E-state index in [-0.39, 0.29) is 5.75 Å². The van der Waals surface area contributed by atoms with E-state index >= 15 is 0 Å². The summed E-state index contributed by atoms with van der Waals surface area (Å²) in [4.78, 5) is 14.4. The van der Waals surface area contributed by atoms with Crippen molar-refractivity contribution in [2.45, 2.75) is 4.34 Å². The third-order valence-electron chi connectivity index (χ3n) is 1.37. The number of anilines is 2. The van der Waals surface area contributed by atoms with Gasteiger partial charge in [-0.1, -0.05) is 23.1 Å². The van der Waals surface area contributed by atoms with Crippen LogP contribution in [0.25, 0.3) is 0 Å². The second kappa shape index (κ2) is 5.23. The van der Waals surface area contributed by atoms with E-state index in [0.717, 1.165) is 16.9 Å². The first kappa shape index (κ1) is 11.3. The van der Waals surface area contributed by atoms with E-state index in [4.69, 9.17) is 5.11 Å². The standard InChI is InChI=1S/C7H6N4O2S3/c12-4(13)3-15-7-11-10-6(16-7)9-5-8-1-2-14-5/h1-2H,3H2,(H,12,13)(H,8,9,10). The van der Waals surface area contributed by atoms with Gasteiger partial charge in [-0.15, -0.1) is 21.5 Å². The van der Waals surface area contributed by atoms with Crippen LogP contribution in [0.3, 0.4) is 0 Å². The number of carboxylic acid groups (broad SMARTS) is 1. The Morgan fingerprint density at radius 1 is 1.50 bits per heavy atom. The van der Waals surface area contributed by atoms with Gasteiger partial charge in [0.1, 0.15) is 0 Å². The molecule has 6 nitrogen and oxygen atoms in total. The summed E-state index contributed by atoms with van der Waals surface area (Å²) in [7, 11) is 0. The second-order valence-electron chi connectivity index (χ2n) is 2.52. The number of carboxylic acids is 1. The Hall–Kier alpha value is -1.19. The van der Waals surface area contributed by atoms with Crippen molar-refractivity contribution in [2.24, 2.45) is 0 Å². The number of nitrogens with zero attached hydrogens (tertiary/aromatic N) is 3. The summed E-state index contributed by atoms with van der Waals surface area (Å²) >= 11 is 3.92. The van der Waals surface area contributed by atoms with Gasteiger partial charge in [0, 0.05) is 11.6 Å². The molecule has 9 heteroatoms. The van der Waals surface area contributed by atoms with Crippen LogP contribution in [-0.4, -0.2) is 32.0 Å². The zero-order valence-electron chi connectivity index (χ0n) is 7.78. The highest BCUT2D eigenvalue weighted by molar-refractivity contribution is 8.01. The number of aromatic nitrogens is 3. The molecule has 2 rings (SSSR count). The summed E-state index contributed by atoms with van der Waals surface area (Å²) < 4.78 is 0.626. The van der Waals surface area contributed by atoms with Gasteiger partial charge in [0.2, 0.25) is 5.13 Å². The van der Waals surface area contributed by atoms with E-state index in [1.54, 1.807) is 6.20 Å². The number of thioether (sulfide) groups is 1. The predicted octanol–water partition coefficient (Wildman–Crippen LogP) is 1.91. The van der Waals surface area contributed by atoms with Gasteiger partial charge >= 0.3 is 5.97 Å².